The molecule has 9 nitrogen and oxygen atoms in total. The fraction of sp³-hybridized carbons (Fsp3) is 0.444. The molecule has 212 valence electrons. The lowest BCUT2D eigenvalue weighted by molar-refractivity contribution is -0.166. The third kappa shape index (κ3) is 9.05. The number of hydrogen-bond acceptors (Lipinski definition) is 7. The highest BCUT2D eigenvalue weighted by atomic mass is 19.4. The molecule has 0 radical (unpaired) electrons. The van der Waals surface area contributed by atoms with Gasteiger partial charge in [0.2, 0.25) is 11.8 Å². The first-order valence-electron chi connectivity index (χ1n) is 12.4. The van der Waals surface area contributed by atoms with Crippen LogP contribution < -0.4 is 20.7 Å². The SMILES string of the molecule is COc1ccc(C[C@H](NC(=O)[C@H](C)NC(CO)C(F)(F)F)C(=O)NC(Cc2ccccc2)C(=O)[C@H]2CO2)cc1. The molecule has 4 N–H and O–H groups in total. The number of rotatable bonds is 14. The molecule has 2 aromatic rings. The van der Waals surface area contributed by atoms with Crippen LogP contribution in [-0.4, -0.2) is 79.5 Å². The Bertz CT molecular complexity index is 1110. The molecule has 2 amide bonds. The molecule has 1 aliphatic heterocycles. The van der Waals surface area contributed by atoms with E-state index in [2.05, 4.69) is 10.6 Å². The van der Waals surface area contributed by atoms with Gasteiger partial charge in [-0.1, -0.05) is 42.5 Å². The maximum absolute atomic E-state index is 13.4. The van der Waals surface area contributed by atoms with E-state index < -0.39 is 54.9 Å². The molecular formula is C27H32F3N3O6. The number of aliphatic hydroxyl groups excluding tert-OH is 1. The first-order chi connectivity index (χ1) is 18.5. The number of benzene rings is 2. The van der Waals surface area contributed by atoms with Crippen molar-refractivity contribution in [3.05, 3.63) is 65.7 Å². The van der Waals surface area contributed by atoms with Crippen LogP contribution in [0.4, 0.5) is 13.2 Å². The molecule has 39 heavy (non-hydrogen) atoms. The number of amides is 2. The zero-order valence-electron chi connectivity index (χ0n) is 21.5. The molecule has 1 aliphatic rings. The lowest BCUT2D eigenvalue weighted by atomic mass is 9.99. The minimum atomic E-state index is -4.78. The van der Waals surface area contributed by atoms with Crippen LogP contribution >= 0.6 is 0 Å². The topological polar surface area (TPSA) is 129 Å². The van der Waals surface area contributed by atoms with Crippen LogP contribution in [0.2, 0.25) is 0 Å². The lowest BCUT2D eigenvalue weighted by Crippen LogP contribution is -2.58. The van der Waals surface area contributed by atoms with Crippen molar-refractivity contribution >= 4 is 17.6 Å². The number of aliphatic hydroxyl groups is 1. The first-order valence-corrected chi connectivity index (χ1v) is 12.4. The minimum Gasteiger partial charge on any atom is -0.497 e. The van der Waals surface area contributed by atoms with E-state index in [0.717, 1.165) is 5.56 Å². The van der Waals surface area contributed by atoms with E-state index in [1.165, 1.54) is 14.0 Å². The van der Waals surface area contributed by atoms with Gasteiger partial charge in [-0.25, -0.2) is 0 Å². The summed E-state index contributed by atoms with van der Waals surface area (Å²) in [6.45, 7) is 0.183. The van der Waals surface area contributed by atoms with Crippen LogP contribution in [0.15, 0.2) is 54.6 Å². The average Bonchev–Trinajstić information content (AvgIpc) is 3.76. The fourth-order valence-corrected chi connectivity index (χ4v) is 3.91. The molecule has 2 unspecified atom stereocenters. The normalized spacial score (nSPS) is 17.8. The van der Waals surface area contributed by atoms with Crippen molar-refractivity contribution in [2.45, 2.75) is 56.2 Å². The summed E-state index contributed by atoms with van der Waals surface area (Å²) in [7, 11) is 1.49. The van der Waals surface area contributed by atoms with Crippen molar-refractivity contribution in [2.75, 3.05) is 20.3 Å². The van der Waals surface area contributed by atoms with E-state index in [-0.39, 0.29) is 25.2 Å². The Morgan fingerprint density at radius 2 is 1.54 bits per heavy atom. The molecule has 5 atom stereocenters. The second-order valence-corrected chi connectivity index (χ2v) is 9.25. The number of ether oxygens (including phenoxy) is 2. The number of Topliss-reactive ketones (excluding diaryl/α,β-unsaturated/α-hetero) is 1. The highest BCUT2D eigenvalue weighted by Gasteiger charge is 2.41. The maximum atomic E-state index is 13.4. The Morgan fingerprint density at radius 3 is 2.08 bits per heavy atom. The second-order valence-electron chi connectivity index (χ2n) is 9.25. The number of ketones is 1. The van der Waals surface area contributed by atoms with Crippen molar-refractivity contribution in [2.24, 2.45) is 0 Å². The van der Waals surface area contributed by atoms with Gasteiger partial charge in [-0.05, 0) is 36.6 Å². The van der Waals surface area contributed by atoms with Gasteiger partial charge in [0.1, 0.15) is 23.9 Å². The quantitative estimate of drug-likeness (QED) is 0.261. The molecule has 1 saturated heterocycles. The molecule has 0 bridgehead atoms. The van der Waals surface area contributed by atoms with Crippen LogP contribution in [0.3, 0.4) is 0 Å². The fourth-order valence-electron chi connectivity index (χ4n) is 3.91. The van der Waals surface area contributed by atoms with Gasteiger partial charge in [0.05, 0.1) is 32.4 Å². The summed E-state index contributed by atoms with van der Waals surface area (Å²) in [4.78, 5) is 39.2. The average molecular weight is 552 g/mol. The Labute approximate surface area is 224 Å². The standard InChI is InChI=1S/C27H32F3N3O6/c1-16(31-23(14-34)27(28,29)30)25(36)33-21(13-18-8-10-19(38-2)11-9-18)26(37)32-20(24(35)22-15-39-22)12-17-6-4-3-5-7-17/h3-11,16,20-23,31,34H,12-15H2,1-2H3,(H,32,37)(H,33,36)/t16-,20?,21-,22+,23?/m0/s1. The summed E-state index contributed by atoms with van der Waals surface area (Å²) in [5.41, 5.74) is 1.43. The molecule has 0 saturated carbocycles. The molecular weight excluding hydrogens is 519 g/mol. The number of methoxy groups -OCH3 is 1. The van der Waals surface area contributed by atoms with E-state index in [4.69, 9.17) is 14.6 Å². The number of halogens is 3. The summed E-state index contributed by atoms with van der Waals surface area (Å²) >= 11 is 0. The first kappa shape index (κ1) is 30.1. The minimum absolute atomic E-state index is 0.0108. The number of epoxide rings is 1. The molecule has 1 heterocycles. The van der Waals surface area contributed by atoms with E-state index in [0.29, 0.717) is 11.3 Å². The Morgan fingerprint density at radius 1 is 0.974 bits per heavy atom. The molecule has 3 rings (SSSR count). The molecule has 0 spiro atoms. The highest BCUT2D eigenvalue weighted by molar-refractivity contribution is 5.96. The van der Waals surface area contributed by atoms with Gasteiger partial charge in [0.15, 0.2) is 5.78 Å². The zero-order chi connectivity index (χ0) is 28.6. The van der Waals surface area contributed by atoms with Gasteiger partial charge in [0, 0.05) is 6.42 Å². The summed E-state index contributed by atoms with van der Waals surface area (Å²) < 4.78 is 49.5. The monoisotopic (exact) mass is 551 g/mol. The van der Waals surface area contributed by atoms with Crippen molar-refractivity contribution in [1.29, 1.82) is 0 Å². The largest absolute Gasteiger partial charge is 0.497 e. The predicted octanol–water partition coefficient (Wildman–Crippen LogP) is 1.32. The van der Waals surface area contributed by atoms with Crippen LogP contribution in [0.5, 0.6) is 5.75 Å². The second kappa shape index (κ2) is 13.5. The van der Waals surface area contributed by atoms with Crippen LogP contribution in [0.1, 0.15) is 18.1 Å². The number of alkyl halides is 3. The van der Waals surface area contributed by atoms with Crippen molar-refractivity contribution in [1.82, 2.24) is 16.0 Å². The van der Waals surface area contributed by atoms with Crippen LogP contribution in [-0.2, 0) is 32.0 Å². The number of nitrogens with one attached hydrogen (secondary N) is 3. The van der Waals surface area contributed by atoms with Gasteiger partial charge in [-0.15, -0.1) is 0 Å². The molecule has 0 aliphatic carbocycles. The summed E-state index contributed by atoms with van der Waals surface area (Å²) in [5.74, 6) is -1.31. The Kier molecular flexibility index (Phi) is 10.4. The smallest absolute Gasteiger partial charge is 0.406 e. The molecule has 0 aromatic heterocycles. The van der Waals surface area contributed by atoms with Gasteiger partial charge >= 0.3 is 6.18 Å². The van der Waals surface area contributed by atoms with Crippen molar-refractivity contribution in [3.63, 3.8) is 0 Å². The van der Waals surface area contributed by atoms with Crippen molar-refractivity contribution < 1.29 is 42.1 Å². The van der Waals surface area contributed by atoms with E-state index in [1.54, 1.807) is 36.4 Å². The summed E-state index contributed by atoms with van der Waals surface area (Å²) in [6, 6.07) is 9.85. The zero-order valence-corrected chi connectivity index (χ0v) is 21.5. The summed E-state index contributed by atoms with van der Waals surface area (Å²) in [5, 5.41) is 16.3. The molecule has 12 heteroatoms. The molecule has 1 fully saturated rings. The van der Waals surface area contributed by atoms with E-state index in [9.17, 15) is 27.6 Å². The molecule has 2 aromatic carbocycles. The predicted molar refractivity (Wildman–Crippen MR) is 135 cm³/mol. The van der Waals surface area contributed by atoms with Gasteiger partial charge < -0.3 is 25.2 Å². The van der Waals surface area contributed by atoms with Gasteiger partial charge in [-0.3, -0.25) is 19.7 Å². The van der Waals surface area contributed by atoms with Crippen LogP contribution in [0.25, 0.3) is 0 Å². The Balaban J connectivity index is 1.78. The lowest BCUT2D eigenvalue weighted by Gasteiger charge is -2.26. The highest BCUT2D eigenvalue weighted by Crippen LogP contribution is 2.20. The van der Waals surface area contributed by atoms with Crippen LogP contribution in [0, 0.1) is 0 Å². The van der Waals surface area contributed by atoms with Gasteiger partial charge in [-0.2, -0.15) is 13.2 Å². The number of carbonyl (C=O) groups is 3. The third-order valence-corrected chi connectivity index (χ3v) is 6.25. The van der Waals surface area contributed by atoms with Crippen molar-refractivity contribution in [3.8, 4) is 5.75 Å². The Hall–Kier alpha value is -3.48. The van der Waals surface area contributed by atoms with E-state index in [1.807, 2.05) is 23.5 Å². The van der Waals surface area contributed by atoms with E-state index >= 15 is 0 Å². The summed E-state index contributed by atoms with van der Waals surface area (Å²) in [6.07, 6.45) is -5.23. The maximum Gasteiger partial charge on any atom is 0.406 e. The third-order valence-electron chi connectivity index (χ3n) is 6.25. The van der Waals surface area contributed by atoms with Gasteiger partial charge in [0.25, 0.3) is 0 Å². The number of hydrogen-bond donors (Lipinski definition) is 4. The number of carbonyl (C=O) groups excluding carboxylic acids is 3.